The standard InChI is InChI=1S/C20H20N2O5/c1-13-16(23)5-4-15-14(11-18(24)27-19(13)15)12-21-6-8-22(9-7-21)20(25)17-3-2-10-26-17/h2-5,10-11,23H,6-9,12H2,1H3. The highest BCUT2D eigenvalue weighted by atomic mass is 16.4. The molecule has 1 fully saturated rings. The smallest absolute Gasteiger partial charge is 0.336 e. The molecule has 1 aromatic carbocycles. The van der Waals surface area contributed by atoms with Crippen molar-refractivity contribution in [3.63, 3.8) is 0 Å². The van der Waals surface area contributed by atoms with Crippen molar-refractivity contribution in [2.45, 2.75) is 13.5 Å². The van der Waals surface area contributed by atoms with E-state index < -0.39 is 5.63 Å². The van der Waals surface area contributed by atoms with Gasteiger partial charge in [0.15, 0.2) is 5.76 Å². The average molecular weight is 368 g/mol. The summed E-state index contributed by atoms with van der Waals surface area (Å²) in [5, 5.41) is 10.7. The highest BCUT2D eigenvalue weighted by Crippen LogP contribution is 2.28. The third-order valence-corrected chi connectivity index (χ3v) is 5.00. The summed E-state index contributed by atoms with van der Waals surface area (Å²) in [7, 11) is 0. The van der Waals surface area contributed by atoms with E-state index in [0.29, 0.717) is 49.6 Å². The Kier molecular flexibility index (Phi) is 4.45. The monoisotopic (exact) mass is 368 g/mol. The number of hydrogen-bond donors (Lipinski definition) is 1. The fourth-order valence-corrected chi connectivity index (χ4v) is 3.45. The van der Waals surface area contributed by atoms with Crippen molar-refractivity contribution >= 4 is 16.9 Å². The zero-order valence-electron chi connectivity index (χ0n) is 15.0. The molecule has 0 bridgehead atoms. The Morgan fingerprint density at radius 2 is 1.96 bits per heavy atom. The van der Waals surface area contributed by atoms with E-state index in [-0.39, 0.29) is 11.7 Å². The van der Waals surface area contributed by atoms with Crippen molar-refractivity contribution in [1.29, 1.82) is 0 Å². The van der Waals surface area contributed by atoms with Gasteiger partial charge < -0.3 is 18.8 Å². The topological polar surface area (TPSA) is 87.1 Å². The van der Waals surface area contributed by atoms with Crippen LogP contribution in [0.5, 0.6) is 5.75 Å². The number of carbonyl (C=O) groups is 1. The van der Waals surface area contributed by atoms with Crippen molar-refractivity contribution in [2.75, 3.05) is 26.2 Å². The summed E-state index contributed by atoms with van der Waals surface area (Å²) in [4.78, 5) is 28.3. The normalized spacial score (nSPS) is 15.4. The van der Waals surface area contributed by atoms with Gasteiger partial charge in [-0.05, 0) is 36.8 Å². The molecule has 0 unspecified atom stereocenters. The molecule has 2 aromatic heterocycles. The SMILES string of the molecule is Cc1c(O)ccc2c(CN3CCN(C(=O)c4ccco4)CC3)cc(=O)oc12. The molecule has 3 aromatic rings. The molecule has 1 aliphatic rings. The van der Waals surface area contributed by atoms with Crippen molar-refractivity contribution in [1.82, 2.24) is 9.80 Å². The third-order valence-electron chi connectivity index (χ3n) is 5.00. The summed E-state index contributed by atoms with van der Waals surface area (Å²) in [5.74, 6) is 0.356. The van der Waals surface area contributed by atoms with Crippen LogP contribution in [0.15, 0.2) is 50.2 Å². The first-order valence-electron chi connectivity index (χ1n) is 8.83. The van der Waals surface area contributed by atoms with Gasteiger partial charge in [0, 0.05) is 49.7 Å². The number of aromatic hydroxyl groups is 1. The van der Waals surface area contributed by atoms with Gasteiger partial charge in [0.2, 0.25) is 0 Å². The second-order valence-electron chi connectivity index (χ2n) is 6.72. The molecule has 4 rings (SSSR count). The first kappa shape index (κ1) is 17.4. The number of nitrogens with zero attached hydrogens (tertiary/aromatic N) is 2. The minimum atomic E-state index is -0.433. The van der Waals surface area contributed by atoms with Crippen molar-refractivity contribution in [3.05, 3.63) is 63.9 Å². The van der Waals surface area contributed by atoms with Gasteiger partial charge in [0.25, 0.3) is 5.91 Å². The molecule has 0 aliphatic carbocycles. The molecule has 1 amide bonds. The fourth-order valence-electron chi connectivity index (χ4n) is 3.45. The second kappa shape index (κ2) is 6.92. The highest BCUT2D eigenvalue weighted by Gasteiger charge is 2.24. The fraction of sp³-hybridized carbons (Fsp3) is 0.300. The Bertz CT molecular complexity index is 1030. The Morgan fingerprint density at radius 1 is 1.19 bits per heavy atom. The minimum absolute atomic E-state index is 0.100. The number of rotatable bonds is 3. The van der Waals surface area contributed by atoms with E-state index in [1.54, 1.807) is 36.1 Å². The van der Waals surface area contributed by atoms with Crippen LogP contribution in [0.25, 0.3) is 11.0 Å². The van der Waals surface area contributed by atoms with Crippen LogP contribution >= 0.6 is 0 Å². The van der Waals surface area contributed by atoms with Gasteiger partial charge in [0.05, 0.1) is 6.26 Å². The molecule has 7 nitrogen and oxygen atoms in total. The molecule has 1 N–H and O–H groups in total. The quantitative estimate of drug-likeness (QED) is 0.714. The molecule has 7 heteroatoms. The highest BCUT2D eigenvalue weighted by molar-refractivity contribution is 5.91. The van der Waals surface area contributed by atoms with Gasteiger partial charge in [-0.3, -0.25) is 9.69 Å². The average Bonchev–Trinajstić information content (AvgIpc) is 3.20. The van der Waals surface area contributed by atoms with Crippen LogP contribution in [0.4, 0.5) is 0 Å². The van der Waals surface area contributed by atoms with Crippen LogP contribution in [0.3, 0.4) is 0 Å². The lowest BCUT2D eigenvalue weighted by Crippen LogP contribution is -2.48. The molecule has 1 saturated heterocycles. The number of furan rings is 1. The molecular weight excluding hydrogens is 348 g/mol. The van der Waals surface area contributed by atoms with Gasteiger partial charge in [-0.1, -0.05) is 0 Å². The van der Waals surface area contributed by atoms with Gasteiger partial charge in [0.1, 0.15) is 11.3 Å². The van der Waals surface area contributed by atoms with Crippen LogP contribution in [0.1, 0.15) is 21.7 Å². The lowest BCUT2D eigenvalue weighted by molar-refractivity contribution is 0.0598. The molecule has 27 heavy (non-hydrogen) atoms. The van der Waals surface area contributed by atoms with Crippen molar-refractivity contribution < 1.29 is 18.7 Å². The molecule has 0 atom stereocenters. The summed E-state index contributed by atoms with van der Waals surface area (Å²) >= 11 is 0. The number of phenolic OH excluding ortho intramolecular Hbond substituents is 1. The van der Waals surface area contributed by atoms with Crippen molar-refractivity contribution in [3.8, 4) is 5.75 Å². The van der Waals surface area contributed by atoms with Crippen LogP contribution < -0.4 is 5.63 Å². The largest absolute Gasteiger partial charge is 0.508 e. The summed E-state index contributed by atoms with van der Waals surface area (Å²) in [6.07, 6.45) is 1.50. The van der Waals surface area contributed by atoms with Crippen LogP contribution in [0, 0.1) is 6.92 Å². The predicted octanol–water partition coefficient (Wildman–Crippen LogP) is 2.36. The first-order valence-corrected chi connectivity index (χ1v) is 8.83. The van der Waals surface area contributed by atoms with E-state index in [4.69, 9.17) is 8.83 Å². The van der Waals surface area contributed by atoms with Crippen LogP contribution in [-0.2, 0) is 6.54 Å². The zero-order chi connectivity index (χ0) is 19.0. The molecule has 0 spiro atoms. The molecule has 0 saturated carbocycles. The summed E-state index contributed by atoms with van der Waals surface area (Å²) in [6.45, 7) is 4.90. The third kappa shape index (κ3) is 3.33. The lowest BCUT2D eigenvalue weighted by Gasteiger charge is -2.34. The summed E-state index contributed by atoms with van der Waals surface area (Å²) < 4.78 is 10.5. The van der Waals surface area contributed by atoms with E-state index in [9.17, 15) is 14.7 Å². The Labute approximate surface area is 155 Å². The Morgan fingerprint density at radius 3 is 2.67 bits per heavy atom. The number of carbonyl (C=O) groups excluding carboxylic acids is 1. The molecule has 1 aliphatic heterocycles. The van der Waals surface area contributed by atoms with E-state index in [1.165, 1.54) is 12.3 Å². The van der Waals surface area contributed by atoms with Crippen LogP contribution in [0.2, 0.25) is 0 Å². The number of fused-ring (bicyclic) bond motifs is 1. The van der Waals surface area contributed by atoms with Gasteiger partial charge in [-0.25, -0.2) is 4.79 Å². The van der Waals surface area contributed by atoms with E-state index in [1.807, 2.05) is 0 Å². The van der Waals surface area contributed by atoms with Gasteiger partial charge >= 0.3 is 5.63 Å². The number of phenols is 1. The molecule has 140 valence electrons. The maximum Gasteiger partial charge on any atom is 0.336 e. The number of aryl methyl sites for hydroxylation is 1. The van der Waals surface area contributed by atoms with E-state index in [0.717, 1.165) is 10.9 Å². The number of piperazine rings is 1. The van der Waals surface area contributed by atoms with E-state index >= 15 is 0 Å². The Hall–Kier alpha value is -3.06. The summed E-state index contributed by atoms with van der Waals surface area (Å²) in [6, 6.07) is 8.25. The van der Waals surface area contributed by atoms with Crippen LogP contribution in [-0.4, -0.2) is 47.0 Å². The zero-order valence-corrected chi connectivity index (χ0v) is 15.0. The van der Waals surface area contributed by atoms with E-state index in [2.05, 4.69) is 4.90 Å². The molecule has 0 radical (unpaired) electrons. The lowest BCUT2D eigenvalue weighted by atomic mass is 10.1. The Balaban J connectivity index is 1.50. The first-order chi connectivity index (χ1) is 13.0. The van der Waals surface area contributed by atoms with Gasteiger partial charge in [-0.15, -0.1) is 0 Å². The summed E-state index contributed by atoms with van der Waals surface area (Å²) in [5.41, 5.74) is 1.40. The van der Waals surface area contributed by atoms with Gasteiger partial charge in [-0.2, -0.15) is 0 Å². The molecular formula is C20H20N2O5. The number of amides is 1. The number of benzene rings is 1. The molecule has 3 heterocycles. The maximum absolute atomic E-state index is 12.4. The van der Waals surface area contributed by atoms with Crippen molar-refractivity contribution in [2.24, 2.45) is 0 Å². The second-order valence-corrected chi connectivity index (χ2v) is 6.72. The minimum Gasteiger partial charge on any atom is -0.508 e. The number of hydrogen-bond acceptors (Lipinski definition) is 6. The predicted molar refractivity (Wildman–Crippen MR) is 98.8 cm³/mol. The maximum atomic E-state index is 12.4.